The molecule has 0 aliphatic carbocycles. The predicted octanol–water partition coefficient (Wildman–Crippen LogP) is 2.91. The molecule has 0 amide bonds. The third-order valence-electron chi connectivity index (χ3n) is 4.39. The first-order chi connectivity index (χ1) is 13.9. The van der Waals surface area contributed by atoms with Crippen molar-refractivity contribution in [2.45, 2.75) is 0 Å². The maximum Gasteiger partial charge on any atom is 0.239 e. The number of aromatic hydroxyl groups is 2. The van der Waals surface area contributed by atoms with Crippen LogP contribution in [-0.4, -0.2) is 45.8 Å². The van der Waals surface area contributed by atoms with Crippen LogP contribution in [0.1, 0.15) is 0 Å². The first kappa shape index (κ1) is 20.0. The standard InChI is InChI=1S/C20H20O9/c1-24-11-6-9(7-12(25-2)15(11)22)17-20(28-5)16(23)14-10(21)8-13(26-3)18(27-4)19(14)29-17/h6-8,21-22H,1-5H3. The maximum absolute atomic E-state index is 13.1. The van der Waals surface area contributed by atoms with Crippen molar-refractivity contribution in [1.82, 2.24) is 0 Å². The van der Waals surface area contributed by atoms with Crippen molar-refractivity contribution in [3.8, 4) is 51.6 Å². The Morgan fingerprint density at radius 3 is 1.79 bits per heavy atom. The smallest absolute Gasteiger partial charge is 0.239 e. The number of fused-ring (bicyclic) bond motifs is 1. The van der Waals surface area contributed by atoms with Crippen molar-refractivity contribution in [3.05, 3.63) is 28.4 Å². The fourth-order valence-electron chi connectivity index (χ4n) is 3.03. The van der Waals surface area contributed by atoms with Gasteiger partial charge in [-0.05, 0) is 12.1 Å². The summed E-state index contributed by atoms with van der Waals surface area (Å²) in [6, 6.07) is 4.16. The Morgan fingerprint density at radius 2 is 1.31 bits per heavy atom. The van der Waals surface area contributed by atoms with E-state index < -0.39 is 5.43 Å². The molecule has 0 bridgehead atoms. The topological polar surface area (TPSA) is 117 Å². The van der Waals surface area contributed by atoms with Gasteiger partial charge in [0.15, 0.2) is 28.6 Å². The Kier molecular flexibility index (Phi) is 5.31. The van der Waals surface area contributed by atoms with Crippen LogP contribution in [-0.2, 0) is 0 Å². The third kappa shape index (κ3) is 3.10. The van der Waals surface area contributed by atoms with Gasteiger partial charge in [-0.15, -0.1) is 0 Å². The summed E-state index contributed by atoms with van der Waals surface area (Å²) in [7, 11) is 6.82. The van der Waals surface area contributed by atoms with E-state index in [2.05, 4.69) is 0 Å². The van der Waals surface area contributed by atoms with Crippen LogP contribution in [0.4, 0.5) is 0 Å². The minimum Gasteiger partial charge on any atom is -0.507 e. The Morgan fingerprint density at radius 1 is 0.759 bits per heavy atom. The van der Waals surface area contributed by atoms with Gasteiger partial charge < -0.3 is 38.3 Å². The molecule has 1 heterocycles. The highest BCUT2D eigenvalue weighted by Crippen LogP contribution is 2.46. The lowest BCUT2D eigenvalue weighted by atomic mass is 10.1. The van der Waals surface area contributed by atoms with Gasteiger partial charge in [-0.3, -0.25) is 4.79 Å². The van der Waals surface area contributed by atoms with E-state index >= 15 is 0 Å². The first-order valence-electron chi connectivity index (χ1n) is 8.35. The van der Waals surface area contributed by atoms with Crippen LogP contribution in [0.5, 0.6) is 40.2 Å². The van der Waals surface area contributed by atoms with Gasteiger partial charge in [0.1, 0.15) is 11.1 Å². The van der Waals surface area contributed by atoms with Gasteiger partial charge in [0, 0.05) is 11.6 Å². The summed E-state index contributed by atoms with van der Waals surface area (Å²) in [5.41, 5.74) is -0.318. The van der Waals surface area contributed by atoms with Crippen molar-refractivity contribution in [2.75, 3.05) is 35.5 Å². The summed E-state index contributed by atoms with van der Waals surface area (Å²) in [6.45, 7) is 0. The van der Waals surface area contributed by atoms with Crippen molar-refractivity contribution in [1.29, 1.82) is 0 Å². The minimum absolute atomic E-state index is 0.0209. The molecule has 0 aliphatic rings. The highest BCUT2D eigenvalue weighted by Gasteiger charge is 2.26. The monoisotopic (exact) mass is 404 g/mol. The van der Waals surface area contributed by atoms with Crippen molar-refractivity contribution in [3.63, 3.8) is 0 Å². The number of methoxy groups -OCH3 is 5. The fourth-order valence-corrected chi connectivity index (χ4v) is 3.03. The maximum atomic E-state index is 13.1. The molecule has 154 valence electrons. The summed E-state index contributed by atoms with van der Waals surface area (Å²) in [4.78, 5) is 13.1. The van der Waals surface area contributed by atoms with Gasteiger partial charge in [0.25, 0.3) is 0 Å². The molecule has 9 nitrogen and oxygen atoms in total. The van der Waals surface area contributed by atoms with Gasteiger partial charge in [-0.1, -0.05) is 0 Å². The molecule has 0 fully saturated rings. The number of hydrogen-bond acceptors (Lipinski definition) is 9. The molecule has 2 N–H and O–H groups in total. The molecule has 9 heteroatoms. The third-order valence-corrected chi connectivity index (χ3v) is 4.39. The van der Waals surface area contributed by atoms with E-state index in [1.54, 1.807) is 0 Å². The molecular weight excluding hydrogens is 384 g/mol. The van der Waals surface area contributed by atoms with E-state index in [0.717, 1.165) is 0 Å². The average molecular weight is 404 g/mol. The summed E-state index contributed by atoms with van der Waals surface area (Å²) < 4.78 is 32.1. The number of rotatable bonds is 6. The van der Waals surface area contributed by atoms with E-state index in [-0.39, 0.29) is 57.0 Å². The zero-order valence-electron chi connectivity index (χ0n) is 16.5. The van der Waals surface area contributed by atoms with Crippen LogP contribution in [0.3, 0.4) is 0 Å². The molecule has 1 aromatic heterocycles. The SMILES string of the molecule is COc1cc(-c2oc3c(OC)c(OC)cc(O)c3c(=O)c2OC)cc(OC)c1O. The normalized spacial score (nSPS) is 10.7. The average Bonchev–Trinajstić information content (AvgIpc) is 2.73. The largest absolute Gasteiger partial charge is 0.507 e. The summed E-state index contributed by atoms with van der Waals surface area (Å²) >= 11 is 0. The number of phenols is 2. The molecule has 0 aliphatic heterocycles. The van der Waals surface area contributed by atoms with Crippen molar-refractivity contribution >= 4 is 11.0 Å². The Labute approximate surface area is 165 Å². The number of hydrogen-bond donors (Lipinski definition) is 2. The molecule has 3 aromatic rings. The van der Waals surface area contributed by atoms with E-state index in [1.165, 1.54) is 53.7 Å². The molecule has 0 saturated heterocycles. The van der Waals surface area contributed by atoms with E-state index in [1.807, 2.05) is 0 Å². The second-order valence-corrected chi connectivity index (χ2v) is 5.86. The van der Waals surface area contributed by atoms with Crippen molar-refractivity contribution in [2.24, 2.45) is 0 Å². The summed E-state index contributed by atoms with van der Waals surface area (Å²) in [5.74, 6) is -0.192. The fraction of sp³-hybridized carbons (Fsp3) is 0.250. The second-order valence-electron chi connectivity index (χ2n) is 5.86. The van der Waals surface area contributed by atoms with Crippen LogP contribution in [0.15, 0.2) is 27.4 Å². The highest BCUT2D eigenvalue weighted by atomic mass is 16.5. The first-order valence-corrected chi connectivity index (χ1v) is 8.35. The quantitative estimate of drug-likeness (QED) is 0.639. The van der Waals surface area contributed by atoms with Gasteiger partial charge >= 0.3 is 0 Å². The predicted molar refractivity (Wildman–Crippen MR) is 104 cm³/mol. The van der Waals surface area contributed by atoms with Crippen molar-refractivity contribution < 1.29 is 38.3 Å². The number of ether oxygens (including phenoxy) is 5. The minimum atomic E-state index is -0.617. The van der Waals surface area contributed by atoms with Crippen LogP contribution in [0, 0.1) is 0 Å². The highest BCUT2D eigenvalue weighted by molar-refractivity contribution is 5.93. The molecule has 0 saturated carbocycles. The lowest BCUT2D eigenvalue weighted by Crippen LogP contribution is -2.09. The molecule has 0 spiro atoms. The number of phenolic OH excluding ortho intramolecular Hbond substituents is 2. The Balaban J connectivity index is 2.47. The Bertz CT molecular complexity index is 1110. The van der Waals surface area contributed by atoms with E-state index in [4.69, 9.17) is 28.1 Å². The van der Waals surface area contributed by atoms with Gasteiger partial charge in [0.05, 0.1) is 35.5 Å². The molecule has 0 radical (unpaired) electrons. The zero-order valence-corrected chi connectivity index (χ0v) is 16.5. The molecular formula is C20H20O9. The summed E-state index contributed by atoms with van der Waals surface area (Å²) in [5, 5.41) is 20.4. The van der Waals surface area contributed by atoms with Gasteiger partial charge in [0.2, 0.25) is 22.7 Å². The molecule has 29 heavy (non-hydrogen) atoms. The van der Waals surface area contributed by atoms with Gasteiger partial charge in [-0.2, -0.15) is 0 Å². The van der Waals surface area contributed by atoms with E-state index in [0.29, 0.717) is 5.56 Å². The molecule has 0 unspecified atom stereocenters. The van der Waals surface area contributed by atoms with Crippen LogP contribution in [0.25, 0.3) is 22.3 Å². The van der Waals surface area contributed by atoms with Gasteiger partial charge in [-0.25, -0.2) is 0 Å². The molecule has 2 aromatic carbocycles. The van der Waals surface area contributed by atoms with Crippen LogP contribution < -0.4 is 29.1 Å². The van der Waals surface area contributed by atoms with E-state index in [9.17, 15) is 15.0 Å². The molecule has 3 rings (SSSR count). The second kappa shape index (κ2) is 7.70. The number of benzene rings is 2. The lowest BCUT2D eigenvalue weighted by Gasteiger charge is -2.15. The Hall–Kier alpha value is -3.75. The lowest BCUT2D eigenvalue weighted by molar-refractivity contribution is 0.339. The zero-order chi connectivity index (χ0) is 21.3. The molecule has 0 atom stereocenters. The van der Waals surface area contributed by atoms with Crippen LogP contribution in [0.2, 0.25) is 0 Å². The van der Waals surface area contributed by atoms with Crippen LogP contribution >= 0.6 is 0 Å². The summed E-state index contributed by atoms with van der Waals surface area (Å²) in [6.07, 6.45) is 0.